The average Bonchev–Trinajstić information content (AvgIpc) is 2.14. The van der Waals surface area contributed by atoms with Crippen LogP contribution in [0.15, 0.2) is 0 Å². The van der Waals surface area contributed by atoms with Gasteiger partial charge in [-0.25, -0.2) is 0 Å². The lowest BCUT2D eigenvalue weighted by atomic mass is 10.4. The van der Waals surface area contributed by atoms with Gasteiger partial charge in [-0.05, 0) is 6.42 Å². The molecule has 1 aromatic rings. The number of hydrogen-bond donors (Lipinski definition) is 0. The maximum atomic E-state index is 5.63. The summed E-state index contributed by atoms with van der Waals surface area (Å²) in [4.78, 5) is 0. The van der Waals surface area contributed by atoms with Gasteiger partial charge in [-0.3, -0.25) is 0 Å². The lowest BCUT2D eigenvalue weighted by Crippen LogP contribution is -1.78. The topological polar surface area (TPSA) is 25.8 Å². The Balaban J connectivity index is 2.92. The summed E-state index contributed by atoms with van der Waals surface area (Å²) in [6, 6.07) is 0. The minimum Gasteiger partial charge on any atom is -0.142 e. The average molecular weight is 149 g/mol. The van der Waals surface area contributed by atoms with Crippen LogP contribution in [0.2, 0.25) is 4.34 Å². The number of hydrogen-bond acceptors (Lipinski definition) is 3. The molecule has 4 heteroatoms. The first kappa shape index (κ1) is 5.98. The molecule has 0 bridgehead atoms. The van der Waals surface area contributed by atoms with Gasteiger partial charge >= 0.3 is 0 Å². The number of nitrogens with zero attached hydrogens (tertiary/aromatic N) is 2. The van der Waals surface area contributed by atoms with Crippen LogP contribution in [-0.4, -0.2) is 9.59 Å². The molecule has 0 unspecified atom stereocenters. The van der Waals surface area contributed by atoms with E-state index in [1.807, 2.05) is 6.92 Å². The van der Waals surface area contributed by atoms with E-state index in [0.29, 0.717) is 4.34 Å². The van der Waals surface area contributed by atoms with E-state index < -0.39 is 0 Å². The van der Waals surface area contributed by atoms with E-state index in [9.17, 15) is 0 Å². The van der Waals surface area contributed by atoms with Gasteiger partial charge in [-0.1, -0.05) is 23.0 Å². The van der Waals surface area contributed by atoms with Gasteiger partial charge in [0, 0.05) is 11.5 Å². The Morgan fingerprint density at radius 2 is 2.50 bits per heavy atom. The molecule has 0 amide bonds. The lowest BCUT2D eigenvalue weighted by Gasteiger charge is -1.80. The van der Waals surface area contributed by atoms with Gasteiger partial charge in [0.05, 0.1) is 5.69 Å². The minimum atomic E-state index is 0.715. The smallest absolute Gasteiger partial charge is 0.137 e. The van der Waals surface area contributed by atoms with Crippen LogP contribution in [0.4, 0.5) is 0 Å². The van der Waals surface area contributed by atoms with Crippen LogP contribution in [-0.2, 0) is 6.42 Å². The van der Waals surface area contributed by atoms with Crippen molar-refractivity contribution in [3.63, 3.8) is 0 Å². The molecule has 0 N–H and O–H groups in total. The summed E-state index contributed by atoms with van der Waals surface area (Å²) in [5, 5.41) is 3.77. The molecule has 0 aromatic carbocycles. The molecule has 44 valence electrons. The molecule has 0 spiro atoms. The van der Waals surface area contributed by atoms with Gasteiger partial charge in [-0.15, -0.1) is 5.10 Å². The van der Waals surface area contributed by atoms with Gasteiger partial charge in [0.2, 0.25) is 0 Å². The number of aryl methyl sites for hydroxylation is 1. The summed E-state index contributed by atoms with van der Waals surface area (Å²) in [6.07, 6.45) is 0.870. The summed E-state index contributed by atoms with van der Waals surface area (Å²) in [7, 11) is 0. The molecule has 0 aliphatic rings. The molecular formula is C4H5ClN2S. The van der Waals surface area contributed by atoms with Crippen molar-refractivity contribution in [2.75, 3.05) is 0 Å². The van der Waals surface area contributed by atoms with Crippen LogP contribution >= 0.6 is 23.1 Å². The molecule has 0 saturated heterocycles. The second kappa shape index (κ2) is 2.42. The summed E-state index contributed by atoms with van der Waals surface area (Å²) >= 11 is 6.87. The zero-order valence-corrected chi connectivity index (χ0v) is 5.96. The minimum absolute atomic E-state index is 0.715. The van der Waals surface area contributed by atoms with Crippen LogP contribution in [0.3, 0.4) is 0 Å². The van der Waals surface area contributed by atoms with Crippen molar-refractivity contribution >= 4 is 23.1 Å². The third-order valence-corrected chi connectivity index (χ3v) is 1.83. The molecule has 0 fully saturated rings. The predicted molar refractivity (Wildman–Crippen MR) is 34.3 cm³/mol. The fourth-order valence-electron chi connectivity index (χ4n) is 0.407. The number of aromatic nitrogens is 2. The molecule has 8 heavy (non-hydrogen) atoms. The summed E-state index contributed by atoms with van der Waals surface area (Å²) in [5.74, 6) is 0. The molecule has 1 rings (SSSR count). The van der Waals surface area contributed by atoms with Crippen molar-refractivity contribution in [3.8, 4) is 0 Å². The van der Waals surface area contributed by atoms with Crippen molar-refractivity contribution in [2.24, 2.45) is 0 Å². The summed E-state index contributed by atoms with van der Waals surface area (Å²) < 4.78 is 4.37. The van der Waals surface area contributed by atoms with Crippen LogP contribution in [0, 0.1) is 0 Å². The first-order chi connectivity index (χ1) is 3.84. The highest BCUT2D eigenvalue weighted by Gasteiger charge is 1.99. The Hall–Kier alpha value is -0.150. The molecule has 2 nitrogen and oxygen atoms in total. The van der Waals surface area contributed by atoms with Gasteiger partial charge in [0.25, 0.3) is 0 Å². The van der Waals surface area contributed by atoms with Crippen molar-refractivity contribution < 1.29 is 0 Å². The molecule has 0 saturated carbocycles. The summed E-state index contributed by atoms with van der Waals surface area (Å²) in [6.45, 7) is 2.00. The Morgan fingerprint density at radius 1 is 1.75 bits per heavy atom. The van der Waals surface area contributed by atoms with Crippen LogP contribution in [0.5, 0.6) is 0 Å². The Labute approximate surface area is 56.7 Å². The Morgan fingerprint density at radius 3 is 2.75 bits per heavy atom. The lowest BCUT2D eigenvalue weighted by molar-refractivity contribution is 0.991. The molecule has 1 heterocycles. The van der Waals surface area contributed by atoms with Crippen LogP contribution in [0.1, 0.15) is 12.6 Å². The monoisotopic (exact) mass is 148 g/mol. The zero-order valence-electron chi connectivity index (χ0n) is 4.39. The SMILES string of the molecule is CCc1nnsc1Cl. The van der Waals surface area contributed by atoms with E-state index >= 15 is 0 Å². The molecular weight excluding hydrogens is 144 g/mol. The van der Waals surface area contributed by atoms with E-state index in [-0.39, 0.29) is 0 Å². The van der Waals surface area contributed by atoms with Gasteiger partial charge in [-0.2, -0.15) is 0 Å². The Bertz CT molecular complexity index is 174. The zero-order chi connectivity index (χ0) is 5.98. The maximum absolute atomic E-state index is 5.63. The first-order valence-corrected chi connectivity index (χ1v) is 3.46. The molecule has 0 radical (unpaired) electrons. The molecule has 0 atom stereocenters. The molecule has 0 aliphatic carbocycles. The Kier molecular flexibility index (Phi) is 1.81. The standard InChI is InChI=1S/C4H5ClN2S/c1-2-3-4(5)8-7-6-3/h2H2,1H3. The highest BCUT2D eigenvalue weighted by molar-refractivity contribution is 7.10. The molecule has 1 aromatic heterocycles. The summed E-state index contributed by atoms with van der Waals surface area (Å²) in [5.41, 5.74) is 0.900. The van der Waals surface area contributed by atoms with Crippen LogP contribution in [0.25, 0.3) is 0 Å². The first-order valence-electron chi connectivity index (χ1n) is 2.31. The van der Waals surface area contributed by atoms with E-state index in [1.54, 1.807) is 0 Å². The van der Waals surface area contributed by atoms with Crippen molar-refractivity contribution in [1.29, 1.82) is 0 Å². The maximum Gasteiger partial charge on any atom is 0.137 e. The number of rotatable bonds is 1. The van der Waals surface area contributed by atoms with E-state index in [4.69, 9.17) is 11.6 Å². The fraction of sp³-hybridized carbons (Fsp3) is 0.500. The predicted octanol–water partition coefficient (Wildman–Crippen LogP) is 1.75. The van der Waals surface area contributed by atoms with Crippen molar-refractivity contribution in [3.05, 3.63) is 10.0 Å². The highest BCUT2D eigenvalue weighted by Crippen LogP contribution is 2.16. The van der Waals surface area contributed by atoms with E-state index in [2.05, 4.69) is 9.59 Å². The quantitative estimate of drug-likeness (QED) is 0.607. The number of halogens is 1. The third kappa shape index (κ3) is 0.980. The largest absolute Gasteiger partial charge is 0.142 e. The van der Waals surface area contributed by atoms with Gasteiger partial charge in [0.15, 0.2) is 0 Å². The second-order valence-corrected chi connectivity index (χ2v) is 2.70. The van der Waals surface area contributed by atoms with Crippen molar-refractivity contribution in [2.45, 2.75) is 13.3 Å². The fourth-order valence-corrected chi connectivity index (χ4v) is 1.17. The van der Waals surface area contributed by atoms with E-state index in [0.717, 1.165) is 12.1 Å². The second-order valence-electron chi connectivity index (χ2n) is 1.35. The van der Waals surface area contributed by atoms with Gasteiger partial charge < -0.3 is 0 Å². The molecule has 0 aliphatic heterocycles. The van der Waals surface area contributed by atoms with Gasteiger partial charge in [0.1, 0.15) is 4.34 Å². The van der Waals surface area contributed by atoms with Crippen molar-refractivity contribution in [1.82, 2.24) is 9.59 Å². The normalized spacial score (nSPS) is 9.75. The van der Waals surface area contributed by atoms with Crippen LogP contribution < -0.4 is 0 Å². The highest BCUT2D eigenvalue weighted by atomic mass is 35.5. The van der Waals surface area contributed by atoms with E-state index in [1.165, 1.54) is 11.5 Å². The third-order valence-electron chi connectivity index (χ3n) is 0.844.